The summed E-state index contributed by atoms with van der Waals surface area (Å²) < 4.78 is 0. The lowest BCUT2D eigenvalue weighted by atomic mass is 9.95. The lowest BCUT2D eigenvalue weighted by Gasteiger charge is -2.22. The number of benzene rings is 2. The number of aliphatic hydroxyl groups excluding tert-OH is 1. The molecule has 1 N–H and O–H groups in total. The summed E-state index contributed by atoms with van der Waals surface area (Å²) in [5.41, 5.74) is 0.948. The molecule has 1 atom stereocenters. The Balaban J connectivity index is 1.93. The van der Waals surface area contributed by atoms with Gasteiger partial charge in [0, 0.05) is 15.6 Å². The van der Waals surface area contributed by atoms with Crippen LogP contribution in [0.1, 0.15) is 22.2 Å². The molecule has 1 aliphatic rings. The highest BCUT2D eigenvalue weighted by Gasteiger charge is 2.48. The minimum Gasteiger partial charge on any atom is -0.507 e. The van der Waals surface area contributed by atoms with E-state index in [1.54, 1.807) is 55.5 Å². The van der Waals surface area contributed by atoms with Crippen molar-refractivity contribution in [1.82, 2.24) is 10.2 Å². The highest BCUT2D eigenvalue weighted by molar-refractivity contribution is 7.15. The van der Waals surface area contributed by atoms with Gasteiger partial charge in [0.05, 0.1) is 11.6 Å². The van der Waals surface area contributed by atoms with Crippen molar-refractivity contribution >= 4 is 57.1 Å². The zero-order chi connectivity index (χ0) is 20.7. The summed E-state index contributed by atoms with van der Waals surface area (Å²) in [6.07, 6.45) is 0. The minimum absolute atomic E-state index is 0.0347. The van der Waals surface area contributed by atoms with Crippen LogP contribution in [-0.4, -0.2) is 27.0 Å². The quantitative estimate of drug-likeness (QED) is 0.356. The molecule has 29 heavy (non-hydrogen) atoms. The SMILES string of the molecule is Cc1nnc(N2C(=O)C(=O)C(=C(O)c3ccc(Cl)cc3)C2c2ccc(Cl)cc2)s1. The fraction of sp³-hybridized carbons (Fsp3) is 0.100. The van der Waals surface area contributed by atoms with Gasteiger partial charge in [-0.3, -0.25) is 14.5 Å². The monoisotopic (exact) mass is 445 g/mol. The second kappa shape index (κ2) is 7.59. The molecule has 2 aromatic carbocycles. The molecule has 146 valence electrons. The number of aromatic nitrogens is 2. The number of amides is 1. The van der Waals surface area contributed by atoms with E-state index in [9.17, 15) is 14.7 Å². The number of carbonyl (C=O) groups excluding carboxylic acids is 2. The van der Waals surface area contributed by atoms with E-state index in [-0.39, 0.29) is 16.5 Å². The van der Waals surface area contributed by atoms with Crippen LogP contribution in [-0.2, 0) is 9.59 Å². The van der Waals surface area contributed by atoms with E-state index >= 15 is 0 Å². The molecule has 1 unspecified atom stereocenters. The van der Waals surface area contributed by atoms with Crippen molar-refractivity contribution in [2.45, 2.75) is 13.0 Å². The van der Waals surface area contributed by atoms with Gasteiger partial charge in [0.15, 0.2) is 0 Å². The van der Waals surface area contributed by atoms with E-state index in [0.29, 0.717) is 26.2 Å². The standard InChI is InChI=1S/C20H13Cl2N3O3S/c1-10-23-24-20(29-10)25-16(11-2-6-13(21)7-3-11)15(18(27)19(25)28)17(26)12-4-8-14(22)9-5-12/h2-9,16,26H,1H3. The van der Waals surface area contributed by atoms with E-state index in [2.05, 4.69) is 10.2 Å². The van der Waals surface area contributed by atoms with E-state index < -0.39 is 17.7 Å². The summed E-state index contributed by atoms with van der Waals surface area (Å²) in [5, 5.41) is 20.8. The van der Waals surface area contributed by atoms with Crippen LogP contribution in [0.2, 0.25) is 10.0 Å². The lowest BCUT2D eigenvalue weighted by Crippen LogP contribution is -2.29. The Labute approximate surface area is 180 Å². The molecule has 1 amide bonds. The van der Waals surface area contributed by atoms with Crippen LogP contribution in [0.4, 0.5) is 5.13 Å². The van der Waals surface area contributed by atoms with Crippen LogP contribution in [0.25, 0.3) is 5.76 Å². The number of hydrogen-bond acceptors (Lipinski definition) is 6. The van der Waals surface area contributed by atoms with Crippen LogP contribution < -0.4 is 4.90 Å². The van der Waals surface area contributed by atoms with Crippen LogP contribution in [0.5, 0.6) is 0 Å². The van der Waals surface area contributed by atoms with Crippen LogP contribution in [0.15, 0.2) is 54.1 Å². The third-order valence-corrected chi connectivity index (χ3v) is 5.81. The molecule has 9 heteroatoms. The first-order valence-corrected chi connectivity index (χ1v) is 10.1. The minimum atomic E-state index is -0.865. The van der Waals surface area contributed by atoms with Gasteiger partial charge in [0.1, 0.15) is 10.8 Å². The number of rotatable bonds is 3. The predicted molar refractivity (Wildman–Crippen MR) is 112 cm³/mol. The average Bonchev–Trinajstić information content (AvgIpc) is 3.24. The zero-order valence-electron chi connectivity index (χ0n) is 15.0. The second-order valence-electron chi connectivity index (χ2n) is 6.33. The van der Waals surface area contributed by atoms with E-state index in [1.165, 1.54) is 16.2 Å². The van der Waals surface area contributed by atoms with Gasteiger partial charge in [0.2, 0.25) is 5.13 Å². The Morgan fingerprint density at radius 2 is 1.59 bits per heavy atom. The fourth-order valence-electron chi connectivity index (χ4n) is 3.14. The molecule has 1 aliphatic heterocycles. The lowest BCUT2D eigenvalue weighted by molar-refractivity contribution is -0.132. The first-order valence-electron chi connectivity index (χ1n) is 8.49. The van der Waals surface area contributed by atoms with E-state index in [4.69, 9.17) is 23.2 Å². The molecular formula is C20H13Cl2N3O3S. The molecule has 0 saturated carbocycles. The van der Waals surface area contributed by atoms with Crippen LogP contribution in [0, 0.1) is 6.92 Å². The number of ketones is 1. The number of halogens is 2. The number of aliphatic hydroxyl groups is 1. The van der Waals surface area contributed by atoms with Crippen molar-refractivity contribution < 1.29 is 14.7 Å². The van der Waals surface area contributed by atoms with Crippen molar-refractivity contribution in [3.8, 4) is 0 Å². The van der Waals surface area contributed by atoms with Gasteiger partial charge in [-0.2, -0.15) is 0 Å². The number of anilines is 1. The summed E-state index contributed by atoms with van der Waals surface area (Å²) in [7, 11) is 0. The van der Waals surface area contributed by atoms with Crippen molar-refractivity contribution in [2.75, 3.05) is 4.90 Å². The van der Waals surface area contributed by atoms with Gasteiger partial charge in [-0.15, -0.1) is 10.2 Å². The average molecular weight is 446 g/mol. The molecular weight excluding hydrogens is 433 g/mol. The third-order valence-electron chi connectivity index (χ3n) is 4.47. The Hall–Kier alpha value is -2.74. The molecule has 0 spiro atoms. The Morgan fingerprint density at radius 3 is 2.14 bits per heavy atom. The molecule has 1 aromatic heterocycles. The summed E-state index contributed by atoms with van der Waals surface area (Å²) in [6.45, 7) is 1.75. The summed E-state index contributed by atoms with van der Waals surface area (Å²) in [6, 6.07) is 12.2. The third kappa shape index (κ3) is 3.53. The number of Topliss-reactive ketones (excluding diaryl/α,β-unsaturated/α-hetero) is 1. The molecule has 0 aliphatic carbocycles. The first kappa shape index (κ1) is 19.6. The van der Waals surface area contributed by atoms with Gasteiger partial charge in [-0.1, -0.05) is 46.7 Å². The van der Waals surface area contributed by atoms with Gasteiger partial charge in [-0.25, -0.2) is 0 Å². The normalized spacial score (nSPS) is 18.4. The topological polar surface area (TPSA) is 83.4 Å². The number of nitrogens with zero attached hydrogens (tertiary/aromatic N) is 3. The zero-order valence-corrected chi connectivity index (χ0v) is 17.3. The molecule has 0 bridgehead atoms. The number of hydrogen-bond donors (Lipinski definition) is 1. The van der Waals surface area contributed by atoms with E-state index in [1.807, 2.05) is 0 Å². The summed E-state index contributed by atoms with van der Waals surface area (Å²) in [4.78, 5) is 27.1. The van der Waals surface area contributed by atoms with Gasteiger partial charge < -0.3 is 5.11 Å². The molecule has 3 aromatic rings. The van der Waals surface area contributed by atoms with Crippen LogP contribution >= 0.6 is 34.5 Å². The predicted octanol–water partition coefficient (Wildman–Crippen LogP) is 4.78. The number of carbonyl (C=O) groups is 2. The Bertz CT molecular complexity index is 1140. The maximum atomic E-state index is 12.9. The van der Waals surface area contributed by atoms with Crippen molar-refractivity contribution in [1.29, 1.82) is 0 Å². The molecule has 1 saturated heterocycles. The molecule has 0 radical (unpaired) electrons. The van der Waals surface area contributed by atoms with Crippen LogP contribution in [0.3, 0.4) is 0 Å². The fourth-order valence-corrected chi connectivity index (χ4v) is 4.10. The second-order valence-corrected chi connectivity index (χ2v) is 8.36. The molecule has 6 nitrogen and oxygen atoms in total. The van der Waals surface area contributed by atoms with Crippen molar-refractivity contribution in [3.63, 3.8) is 0 Å². The summed E-state index contributed by atoms with van der Waals surface area (Å²) >= 11 is 13.1. The smallest absolute Gasteiger partial charge is 0.301 e. The maximum absolute atomic E-state index is 12.9. The molecule has 2 heterocycles. The maximum Gasteiger partial charge on any atom is 0.301 e. The largest absolute Gasteiger partial charge is 0.507 e. The highest BCUT2D eigenvalue weighted by atomic mass is 35.5. The van der Waals surface area contributed by atoms with E-state index in [0.717, 1.165) is 0 Å². The molecule has 4 rings (SSSR count). The number of aryl methyl sites for hydroxylation is 1. The Morgan fingerprint density at radius 1 is 1.00 bits per heavy atom. The van der Waals surface area contributed by atoms with Gasteiger partial charge in [-0.05, 0) is 48.9 Å². The summed E-state index contributed by atoms with van der Waals surface area (Å²) in [5.74, 6) is -1.87. The van der Waals surface area contributed by atoms with Gasteiger partial charge >= 0.3 is 5.91 Å². The van der Waals surface area contributed by atoms with Crippen molar-refractivity contribution in [2.24, 2.45) is 0 Å². The molecule has 1 fully saturated rings. The first-order chi connectivity index (χ1) is 13.9. The highest BCUT2D eigenvalue weighted by Crippen LogP contribution is 2.43. The Kier molecular flexibility index (Phi) is 5.12. The van der Waals surface area contributed by atoms with Gasteiger partial charge in [0.25, 0.3) is 5.78 Å². The van der Waals surface area contributed by atoms with Crippen molar-refractivity contribution in [3.05, 3.63) is 80.3 Å².